The monoisotopic (exact) mass is 289 g/mol. The van der Waals surface area contributed by atoms with Crippen molar-refractivity contribution in [2.75, 3.05) is 7.11 Å². The van der Waals surface area contributed by atoms with Gasteiger partial charge in [-0.25, -0.2) is 9.67 Å². The first kappa shape index (κ1) is 15.0. The zero-order valence-corrected chi connectivity index (χ0v) is 12.4. The average Bonchev–Trinajstić information content (AvgIpc) is 2.91. The van der Waals surface area contributed by atoms with Crippen molar-refractivity contribution in [3.05, 3.63) is 35.9 Å². The summed E-state index contributed by atoms with van der Waals surface area (Å²) in [6, 6.07) is 5.04. The van der Waals surface area contributed by atoms with Gasteiger partial charge in [0.15, 0.2) is 17.3 Å². The average molecular weight is 289 g/mol. The van der Waals surface area contributed by atoms with Gasteiger partial charge in [-0.2, -0.15) is 5.10 Å². The number of ether oxygens (including phenoxy) is 2. The molecule has 0 bridgehead atoms. The summed E-state index contributed by atoms with van der Waals surface area (Å²) in [7, 11) is 1.54. The number of benzene rings is 1. The van der Waals surface area contributed by atoms with Crippen molar-refractivity contribution in [1.29, 1.82) is 0 Å². The van der Waals surface area contributed by atoms with E-state index in [2.05, 4.69) is 23.9 Å². The van der Waals surface area contributed by atoms with E-state index in [1.54, 1.807) is 18.2 Å². The molecule has 0 aliphatic carbocycles. The molecule has 112 valence electrons. The fraction of sp³-hybridized carbons (Fsp3) is 0.400. The van der Waals surface area contributed by atoms with E-state index in [0.717, 1.165) is 18.7 Å². The number of aldehydes is 1. The minimum atomic E-state index is 0.295. The van der Waals surface area contributed by atoms with E-state index in [0.29, 0.717) is 29.6 Å². The number of hydrogen-bond donors (Lipinski definition) is 0. The molecule has 1 aromatic heterocycles. The summed E-state index contributed by atoms with van der Waals surface area (Å²) < 4.78 is 12.8. The summed E-state index contributed by atoms with van der Waals surface area (Å²) in [5.74, 6) is 2.33. The van der Waals surface area contributed by atoms with Crippen LogP contribution in [-0.2, 0) is 13.2 Å². The lowest BCUT2D eigenvalue weighted by Gasteiger charge is -2.12. The maximum Gasteiger partial charge on any atom is 0.164 e. The van der Waals surface area contributed by atoms with Crippen molar-refractivity contribution in [3.8, 4) is 11.5 Å². The van der Waals surface area contributed by atoms with Crippen molar-refractivity contribution in [2.24, 2.45) is 5.92 Å². The second kappa shape index (κ2) is 6.88. The first-order chi connectivity index (χ1) is 10.1. The third-order valence-corrected chi connectivity index (χ3v) is 2.91. The predicted octanol–water partition coefficient (Wildman–Crippen LogP) is 2.33. The Kier molecular flexibility index (Phi) is 4.92. The van der Waals surface area contributed by atoms with Crippen molar-refractivity contribution in [3.63, 3.8) is 0 Å². The normalized spacial score (nSPS) is 10.7. The Bertz CT molecular complexity index is 608. The molecule has 6 heteroatoms. The number of aromatic nitrogens is 3. The van der Waals surface area contributed by atoms with Crippen molar-refractivity contribution in [2.45, 2.75) is 27.0 Å². The van der Waals surface area contributed by atoms with Crippen LogP contribution in [0, 0.1) is 5.92 Å². The zero-order chi connectivity index (χ0) is 15.2. The zero-order valence-electron chi connectivity index (χ0n) is 12.4. The minimum absolute atomic E-state index is 0.295. The van der Waals surface area contributed by atoms with Gasteiger partial charge in [-0.3, -0.25) is 4.79 Å². The van der Waals surface area contributed by atoms with Gasteiger partial charge in [-0.05, 0) is 24.1 Å². The van der Waals surface area contributed by atoms with E-state index in [1.165, 1.54) is 13.4 Å². The fourth-order valence-electron chi connectivity index (χ4n) is 1.92. The summed E-state index contributed by atoms with van der Waals surface area (Å²) in [4.78, 5) is 15.0. The summed E-state index contributed by atoms with van der Waals surface area (Å²) in [5, 5.41) is 4.19. The van der Waals surface area contributed by atoms with Gasteiger partial charge in [0.05, 0.1) is 7.11 Å². The second-order valence-corrected chi connectivity index (χ2v) is 5.07. The Hall–Kier alpha value is -2.37. The minimum Gasteiger partial charge on any atom is -0.493 e. The molecule has 2 aromatic rings. The van der Waals surface area contributed by atoms with Crippen LogP contribution in [0.3, 0.4) is 0 Å². The lowest BCUT2D eigenvalue weighted by molar-refractivity contribution is 0.112. The molecule has 0 N–H and O–H groups in total. The van der Waals surface area contributed by atoms with Crippen LogP contribution in [0.2, 0.25) is 0 Å². The van der Waals surface area contributed by atoms with Gasteiger partial charge in [-0.1, -0.05) is 13.8 Å². The highest BCUT2D eigenvalue weighted by molar-refractivity contribution is 5.76. The molecule has 0 unspecified atom stereocenters. The summed E-state index contributed by atoms with van der Waals surface area (Å²) >= 11 is 0. The van der Waals surface area contributed by atoms with Crippen LogP contribution < -0.4 is 9.47 Å². The molecule has 0 radical (unpaired) electrons. The van der Waals surface area contributed by atoms with Gasteiger partial charge in [0.2, 0.25) is 0 Å². The Morgan fingerprint density at radius 3 is 2.81 bits per heavy atom. The molecule has 0 atom stereocenters. The number of carbonyl (C=O) groups is 1. The Balaban J connectivity index is 2.09. The molecule has 2 rings (SSSR count). The second-order valence-electron chi connectivity index (χ2n) is 5.07. The van der Waals surface area contributed by atoms with Crippen LogP contribution in [0.5, 0.6) is 11.5 Å². The van der Waals surface area contributed by atoms with E-state index in [1.807, 2.05) is 4.68 Å². The molecule has 0 saturated carbocycles. The molecule has 0 aliphatic heterocycles. The molecular formula is C15H19N3O3. The largest absolute Gasteiger partial charge is 0.493 e. The van der Waals surface area contributed by atoms with Crippen LogP contribution in [0.4, 0.5) is 0 Å². The quantitative estimate of drug-likeness (QED) is 0.732. The van der Waals surface area contributed by atoms with Crippen LogP contribution in [0.25, 0.3) is 0 Å². The van der Waals surface area contributed by atoms with Gasteiger partial charge in [0.25, 0.3) is 0 Å². The third-order valence-electron chi connectivity index (χ3n) is 2.91. The van der Waals surface area contributed by atoms with Crippen LogP contribution in [-0.4, -0.2) is 28.2 Å². The molecule has 1 aromatic carbocycles. The Morgan fingerprint density at radius 1 is 1.33 bits per heavy atom. The van der Waals surface area contributed by atoms with E-state index < -0.39 is 0 Å². The van der Waals surface area contributed by atoms with Gasteiger partial charge < -0.3 is 9.47 Å². The Labute approximate surface area is 123 Å². The van der Waals surface area contributed by atoms with E-state index in [4.69, 9.17) is 9.47 Å². The van der Waals surface area contributed by atoms with Gasteiger partial charge in [0, 0.05) is 12.1 Å². The lowest BCUT2D eigenvalue weighted by Crippen LogP contribution is -2.12. The molecule has 0 fully saturated rings. The lowest BCUT2D eigenvalue weighted by atomic mass is 10.2. The number of carbonyl (C=O) groups excluding carboxylic acids is 1. The first-order valence-electron chi connectivity index (χ1n) is 6.76. The van der Waals surface area contributed by atoms with Gasteiger partial charge in [-0.15, -0.1) is 0 Å². The van der Waals surface area contributed by atoms with Crippen LogP contribution in [0.1, 0.15) is 30.0 Å². The molecule has 0 spiro atoms. The fourth-order valence-corrected chi connectivity index (χ4v) is 1.92. The Morgan fingerprint density at radius 2 is 2.14 bits per heavy atom. The van der Waals surface area contributed by atoms with Crippen molar-refractivity contribution < 1.29 is 14.3 Å². The summed E-state index contributed by atoms with van der Waals surface area (Å²) in [6.45, 7) is 5.32. The maximum absolute atomic E-state index is 10.8. The summed E-state index contributed by atoms with van der Waals surface area (Å²) in [5.41, 5.74) is 0.544. The number of methoxy groups -OCH3 is 1. The number of hydrogen-bond acceptors (Lipinski definition) is 5. The topological polar surface area (TPSA) is 66.2 Å². The highest BCUT2D eigenvalue weighted by Gasteiger charge is 2.10. The van der Waals surface area contributed by atoms with Gasteiger partial charge >= 0.3 is 0 Å². The molecular weight excluding hydrogens is 270 g/mol. The molecule has 6 nitrogen and oxygen atoms in total. The number of rotatable bonds is 7. The van der Waals surface area contributed by atoms with Crippen molar-refractivity contribution in [1.82, 2.24) is 14.8 Å². The van der Waals surface area contributed by atoms with Gasteiger partial charge in [0.1, 0.15) is 19.2 Å². The summed E-state index contributed by atoms with van der Waals surface area (Å²) in [6.07, 6.45) is 2.29. The predicted molar refractivity (Wildman–Crippen MR) is 77.6 cm³/mol. The SMILES string of the molecule is COc1cc(C=O)ccc1OCc1ncnn1CC(C)C. The van der Waals surface area contributed by atoms with E-state index in [-0.39, 0.29) is 0 Å². The molecule has 0 aliphatic rings. The van der Waals surface area contributed by atoms with E-state index >= 15 is 0 Å². The van der Waals surface area contributed by atoms with E-state index in [9.17, 15) is 4.79 Å². The van der Waals surface area contributed by atoms with Crippen molar-refractivity contribution >= 4 is 6.29 Å². The highest BCUT2D eigenvalue weighted by atomic mass is 16.5. The smallest absolute Gasteiger partial charge is 0.164 e. The number of nitrogens with zero attached hydrogens (tertiary/aromatic N) is 3. The molecule has 21 heavy (non-hydrogen) atoms. The highest BCUT2D eigenvalue weighted by Crippen LogP contribution is 2.28. The molecule has 0 amide bonds. The maximum atomic E-state index is 10.8. The third kappa shape index (κ3) is 3.81. The molecule has 1 heterocycles. The van der Waals surface area contributed by atoms with Crippen LogP contribution in [0.15, 0.2) is 24.5 Å². The molecule has 0 saturated heterocycles. The first-order valence-corrected chi connectivity index (χ1v) is 6.76. The van der Waals surface area contributed by atoms with Crippen LogP contribution >= 0.6 is 0 Å². The standard InChI is InChI=1S/C15H19N3O3/c1-11(2)7-18-15(16-10-17-18)9-21-13-5-4-12(8-19)6-14(13)20-3/h4-6,8,10-11H,7,9H2,1-3H3.